The highest BCUT2D eigenvalue weighted by molar-refractivity contribution is 8.01. The van der Waals surface area contributed by atoms with E-state index < -0.39 is 5.25 Å². The van der Waals surface area contributed by atoms with Crippen LogP contribution in [-0.2, 0) is 16.1 Å². The van der Waals surface area contributed by atoms with Crippen LogP contribution >= 0.6 is 11.8 Å². The molecule has 2 amide bonds. The van der Waals surface area contributed by atoms with Crippen molar-refractivity contribution < 1.29 is 14.1 Å². The molecule has 0 spiro atoms. The third kappa shape index (κ3) is 5.97. The van der Waals surface area contributed by atoms with Crippen molar-refractivity contribution in [3.8, 4) is 0 Å². The van der Waals surface area contributed by atoms with Gasteiger partial charge in [-0.25, -0.2) is 0 Å². The van der Waals surface area contributed by atoms with Crippen LogP contribution in [0.3, 0.4) is 0 Å². The highest BCUT2D eigenvalue weighted by Crippen LogP contribution is 2.21. The highest BCUT2D eigenvalue weighted by Gasteiger charge is 2.21. The van der Waals surface area contributed by atoms with Gasteiger partial charge in [-0.05, 0) is 38.5 Å². The van der Waals surface area contributed by atoms with Crippen molar-refractivity contribution in [2.45, 2.75) is 32.6 Å². The van der Waals surface area contributed by atoms with Gasteiger partial charge >= 0.3 is 0 Å². The van der Waals surface area contributed by atoms with E-state index in [-0.39, 0.29) is 17.6 Å². The molecule has 0 bridgehead atoms. The molecule has 0 aliphatic heterocycles. The fraction of sp³-hybridized carbons (Fsp3) is 0.261. The minimum Gasteiger partial charge on any atom is -0.360 e. The molecule has 1 aromatic heterocycles. The first-order valence-corrected chi connectivity index (χ1v) is 10.7. The van der Waals surface area contributed by atoms with Gasteiger partial charge in [0, 0.05) is 11.8 Å². The number of carbonyl (C=O) groups excluding carboxylic acids is 2. The first kappa shape index (κ1) is 21.6. The van der Waals surface area contributed by atoms with E-state index in [2.05, 4.69) is 10.5 Å². The van der Waals surface area contributed by atoms with Gasteiger partial charge in [0.1, 0.15) is 5.76 Å². The first-order chi connectivity index (χ1) is 14.4. The topological polar surface area (TPSA) is 75.4 Å². The lowest BCUT2D eigenvalue weighted by molar-refractivity contribution is -0.116. The van der Waals surface area contributed by atoms with Crippen molar-refractivity contribution in [3.63, 3.8) is 0 Å². The summed E-state index contributed by atoms with van der Waals surface area (Å²) in [6.45, 7) is 6.02. The minimum atomic E-state index is -0.414. The molecule has 0 fully saturated rings. The van der Waals surface area contributed by atoms with Crippen molar-refractivity contribution in [1.29, 1.82) is 0 Å². The monoisotopic (exact) mass is 423 g/mol. The molecule has 3 aromatic rings. The van der Waals surface area contributed by atoms with Crippen LogP contribution in [-0.4, -0.2) is 28.0 Å². The SMILES string of the molecule is Cc1ccc(N(Cc2ccccc2)C(=O)CS[C@H](C)C(=O)Nc2cc(C)on2)cc1. The van der Waals surface area contributed by atoms with E-state index in [1.807, 2.05) is 61.5 Å². The number of aryl methyl sites for hydroxylation is 2. The number of rotatable bonds is 8. The van der Waals surface area contributed by atoms with Crippen LogP contribution in [0.25, 0.3) is 0 Å². The molecule has 0 aliphatic carbocycles. The van der Waals surface area contributed by atoms with Gasteiger partial charge in [-0.2, -0.15) is 0 Å². The molecule has 3 rings (SSSR count). The molecule has 7 heteroatoms. The molecule has 6 nitrogen and oxygen atoms in total. The first-order valence-electron chi connectivity index (χ1n) is 9.69. The van der Waals surface area contributed by atoms with E-state index in [0.29, 0.717) is 18.1 Å². The Morgan fingerprint density at radius 3 is 2.43 bits per heavy atom. The van der Waals surface area contributed by atoms with Crippen molar-refractivity contribution in [3.05, 3.63) is 77.6 Å². The van der Waals surface area contributed by atoms with E-state index in [9.17, 15) is 9.59 Å². The van der Waals surface area contributed by atoms with Gasteiger partial charge in [-0.15, -0.1) is 11.8 Å². The number of amides is 2. The maximum atomic E-state index is 13.1. The number of nitrogens with one attached hydrogen (secondary N) is 1. The lowest BCUT2D eigenvalue weighted by Gasteiger charge is -2.24. The number of aromatic nitrogens is 1. The summed E-state index contributed by atoms with van der Waals surface area (Å²) < 4.78 is 4.96. The fourth-order valence-corrected chi connectivity index (χ4v) is 3.58. The second-order valence-electron chi connectivity index (χ2n) is 7.07. The Bertz CT molecular complexity index is 986. The average Bonchev–Trinajstić information content (AvgIpc) is 3.16. The number of anilines is 2. The molecule has 2 aromatic carbocycles. The van der Waals surface area contributed by atoms with Crippen molar-refractivity contribution in [2.75, 3.05) is 16.0 Å². The summed E-state index contributed by atoms with van der Waals surface area (Å²) in [5, 5.41) is 6.05. The summed E-state index contributed by atoms with van der Waals surface area (Å²) in [6, 6.07) is 19.4. The quantitative estimate of drug-likeness (QED) is 0.574. The molecule has 1 N–H and O–H groups in total. The Kier molecular flexibility index (Phi) is 7.30. The van der Waals surface area contributed by atoms with Gasteiger partial charge in [0.05, 0.1) is 17.5 Å². The Morgan fingerprint density at radius 2 is 1.80 bits per heavy atom. The molecular weight excluding hydrogens is 398 g/mol. The van der Waals surface area contributed by atoms with Gasteiger partial charge in [-0.1, -0.05) is 53.2 Å². The second kappa shape index (κ2) is 10.1. The van der Waals surface area contributed by atoms with Crippen molar-refractivity contribution >= 4 is 35.1 Å². The zero-order valence-corrected chi connectivity index (χ0v) is 18.1. The number of hydrogen-bond acceptors (Lipinski definition) is 5. The molecule has 1 heterocycles. The van der Waals surface area contributed by atoms with E-state index in [1.54, 1.807) is 24.8 Å². The zero-order valence-electron chi connectivity index (χ0n) is 17.3. The number of carbonyl (C=O) groups is 2. The van der Waals surface area contributed by atoms with Gasteiger partial charge < -0.3 is 14.7 Å². The maximum Gasteiger partial charge on any atom is 0.238 e. The molecule has 1 atom stereocenters. The predicted octanol–water partition coefficient (Wildman–Crippen LogP) is 4.59. The summed E-state index contributed by atoms with van der Waals surface area (Å²) in [7, 11) is 0. The van der Waals surface area contributed by atoms with Gasteiger partial charge in [0.25, 0.3) is 0 Å². The number of benzene rings is 2. The largest absolute Gasteiger partial charge is 0.360 e. The highest BCUT2D eigenvalue weighted by atomic mass is 32.2. The van der Waals surface area contributed by atoms with Crippen LogP contribution in [0.2, 0.25) is 0 Å². The third-order valence-electron chi connectivity index (χ3n) is 4.54. The molecule has 0 unspecified atom stereocenters. The number of nitrogens with zero attached hydrogens (tertiary/aromatic N) is 2. The lowest BCUT2D eigenvalue weighted by atomic mass is 10.1. The van der Waals surface area contributed by atoms with Crippen LogP contribution in [0.5, 0.6) is 0 Å². The number of thioether (sulfide) groups is 1. The van der Waals surface area contributed by atoms with Crippen molar-refractivity contribution in [2.24, 2.45) is 0 Å². The van der Waals surface area contributed by atoms with E-state index in [1.165, 1.54) is 11.8 Å². The van der Waals surface area contributed by atoms with E-state index >= 15 is 0 Å². The van der Waals surface area contributed by atoms with Gasteiger partial charge in [0.15, 0.2) is 5.82 Å². The molecule has 0 radical (unpaired) electrons. The lowest BCUT2D eigenvalue weighted by Crippen LogP contribution is -2.33. The van der Waals surface area contributed by atoms with Crippen LogP contribution in [0.1, 0.15) is 23.8 Å². The maximum absolute atomic E-state index is 13.1. The summed E-state index contributed by atoms with van der Waals surface area (Å²) in [6.07, 6.45) is 0. The van der Waals surface area contributed by atoms with Crippen LogP contribution in [0, 0.1) is 13.8 Å². The Labute approximate surface area is 180 Å². The summed E-state index contributed by atoms with van der Waals surface area (Å²) in [5.41, 5.74) is 3.02. The fourth-order valence-electron chi connectivity index (χ4n) is 2.82. The van der Waals surface area contributed by atoms with Crippen molar-refractivity contribution in [1.82, 2.24) is 5.16 Å². The zero-order chi connectivity index (χ0) is 21.5. The summed E-state index contributed by atoms with van der Waals surface area (Å²) in [4.78, 5) is 27.2. The van der Waals surface area contributed by atoms with E-state index in [0.717, 1.165) is 16.8 Å². The Hall–Kier alpha value is -3.06. The second-order valence-corrected chi connectivity index (χ2v) is 8.40. The molecule has 0 aliphatic rings. The van der Waals surface area contributed by atoms with Gasteiger partial charge in [-0.3, -0.25) is 9.59 Å². The molecule has 30 heavy (non-hydrogen) atoms. The Balaban J connectivity index is 1.65. The smallest absolute Gasteiger partial charge is 0.238 e. The third-order valence-corrected chi connectivity index (χ3v) is 5.66. The standard InChI is InChI=1S/C23H25N3O3S/c1-16-9-11-20(12-10-16)26(14-19-7-5-4-6-8-19)22(27)15-30-18(3)23(28)24-21-13-17(2)29-25-21/h4-13,18H,14-15H2,1-3H3,(H,24,25,28)/t18-/m1/s1. The molecule has 0 saturated heterocycles. The molecule has 156 valence electrons. The summed E-state index contributed by atoms with van der Waals surface area (Å²) >= 11 is 1.29. The number of hydrogen-bond donors (Lipinski definition) is 1. The van der Waals surface area contributed by atoms with Gasteiger partial charge in [0.2, 0.25) is 11.8 Å². The van der Waals surface area contributed by atoms with E-state index in [4.69, 9.17) is 4.52 Å². The van der Waals surface area contributed by atoms with Crippen LogP contribution in [0.4, 0.5) is 11.5 Å². The predicted molar refractivity (Wildman–Crippen MR) is 121 cm³/mol. The molecular formula is C23H25N3O3S. The molecule has 0 saturated carbocycles. The normalized spacial score (nSPS) is 11.7. The Morgan fingerprint density at radius 1 is 1.10 bits per heavy atom. The van der Waals surface area contributed by atoms with Crippen LogP contribution in [0.15, 0.2) is 65.2 Å². The van der Waals surface area contributed by atoms with Crippen LogP contribution < -0.4 is 10.2 Å². The summed E-state index contributed by atoms with van der Waals surface area (Å²) in [5.74, 6) is 0.917. The average molecular weight is 424 g/mol. The minimum absolute atomic E-state index is 0.0513.